The monoisotopic (exact) mass is 460 g/mol. The zero-order valence-corrected chi connectivity index (χ0v) is 18.4. The number of carbonyl (C=O) groups excluding carboxylic acids is 2. The molecule has 0 saturated heterocycles. The van der Waals surface area contributed by atoms with Gasteiger partial charge in [0.25, 0.3) is 5.91 Å². The van der Waals surface area contributed by atoms with E-state index in [1.165, 1.54) is 37.3 Å². The molecule has 0 radical (unpaired) electrons. The van der Waals surface area contributed by atoms with Gasteiger partial charge in [0.05, 0.1) is 17.8 Å². The summed E-state index contributed by atoms with van der Waals surface area (Å²) in [4.78, 5) is 34.1. The molecule has 6 nitrogen and oxygen atoms in total. The van der Waals surface area contributed by atoms with Gasteiger partial charge in [-0.05, 0) is 60.5 Å². The lowest BCUT2D eigenvalue weighted by Crippen LogP contribution is -2.57. The van der Waals surface area contributed by atoms with Crippen molar-refractivity contribution in [3.63, 3.8) is 0 Å². The predicted molar refractivity (Wildman–Crippen MR) is 125 cm³/mol. The molecule has 1 atom stereocenters. The maximum absolute atomic E-state index is 14.9. The van der Waals surface area contributed by atoms with Crippen LogP contribution in [0.5, 0.6) is 0 Å². The van der Waals surface area contributed by atoms with E-state index in [1.54, 1.807) is 42.6 Å². The molecule has 172 valence electrons. The fraction of sp³-hybridized carbons (Fsp3) is 0.154. The first-order valence-electron chi connectivity index (χ1n) is 10.6. The lowest BCUT2D eigenvalue weighted by atomic mass is 9.93. The van der Waals surface area contributed by atoms with Crippen LogP contribution >= 0.6 is 0 Å². The molecule has 2 amide bonds. The molecule has 0 saturated carbocycles. The highest BCUT2D eigenvalue weighted by Crippen LogP contribution is 2.25. The first-order chi connectivity index (χ1) is 16.3. The van der Waals surface area contributed by atoms with Gasteiger partial charge in [0.2, 0.25) is 5.91 Å². The van der Waals surface area contributed by atoms with Crippen molar-refractivity contribution in [2.45, 2.75) is 18.9 Å². The summed E-state index contributed by atoms with van der Waals surface area (Å²) in [6.07, 6.45) is 3.31. The van der Waals surface area contributed by atoms with Crippen molar-refractivity contribution < 1.29 is 18.4 Å². The number of amides is 2. The van der Waals surface area contributed by atoms with Gasteiger partial charge in [0.15, 0.2) is 0 Å². The summed E-state index contributed by atoms with van der Waals surface area (Å²) in [5, 5.41) is 2.66. The summed E-state index contributed by atoms with van der Waals surface area (Å²) in [6.45, 7) is 1.76. The summed E-state index contributed by atoms with van der Waals surface area (Å²) in [6, 6.07) is 15.2. The van der Waals surface area contributed by atoms with E-state index in [-0.39, 0.29) is 35.6 Å². The molecule has 2 heterocycles. The minimum Gasteiger partial charge on any atom is -0.368 e. The van der Waals surface area contributed by atoms with E-state index in [4.69, 9.17) is 5.73 Å². The number of nitrogens with one attached hydrogen (secondary N) is 1. The number of halogens is 2. The molecule has 4 rings (SSSR count). The standard InChI is InChI=1S/C26H22F2N4O2/c1-26(25(29)34,14-19-5-2-3-12-30-19)32-24(33)20-6-4-7-21(28)23(20)22-13-17(15-31-22)16-8-10-18(27)11-9-16/h2-13H,14-15H2,1H3,(H2,29,34)(H,32,33)/t26-/m1/s1. The van der Waals surface area contributed by atoms with Crippen LogP contribution in [-0.4, -0.2) is 34.6 Å². The topological polar surface area (TPSA) is 97.4 Å². The predicted octanol–water partition coefficient (Wildman–Crippen LogP) is 3.46. The third kappa shape index (κ3) is 4.76. The average molecular weight is 460 g/mol. The van der Waals surface area contributed by atoms with Crippen molar-refractivity contribution in [1.29, 1.82) is 0 Å². The molecule has 0 unspecified atom stereocenters. The maximum Gasteiger partial charge on any atom is 0.252 e. The highest BCUT2D eigenvalue weighted by atomic mass is 19.1. The molecule has 3 aromatic rings. The number of rotatable bonds is 7. The number of allylic oxidation sites excluding steroid dienone is 1. The Balaban J connectivity index is 1.64. The number of carbonyl (C=O) groups is 2. The SMILES string of the molecule is C[C@](Cc1ccccn1)(NC(=O)c1cccc(F)c1C1=NCC(c2ccc(F)cc2)=C1)C(N)=O. The molecule has 2 aromatic carbocycles. The van der Waals surface area contributed by atoms with Crippen molar-refractivity contribution in [2.75, 3.05) is 6.54 Å². The molecule has 0 bridgehead atoms. The van der Waals surface area contributed by atoms with Crippen LogP contribution in [0.1, 0.15) is 34.1 Å². The molecule has 0 fully saturated rings. The molecule has 1 aliphatic heterocycles. The van der Waals surface area contributed by atoms with Gasteiger partial charge in [-0.3, -0.25) is 19.6 Å². The molecular formula is C26H22F2N4O2. The van der Waals surface area contributed by atoms with Gasteiger partial charge < -0.3 is 11.1 Å². The van der Waals surface area contributed by atoms with Crippen molar-refractivity contribution in [3.8, 4) is 0 Å². The van der Waals surface area contributed by atoms with E-state index >= 15 is 0 Å². The Labute approximate surface area is 195 Å². The number of hydrogen-bond donors (Lipinski definition) is 2. The Morgan fingerprint density at radius 3 is 2.50 bits per heavy atom. The summed E-state index contributed by atoms with van der Waals surface area (Å²) < 4.78 is 28.2. The van der Waals surface area contributed by atoms with Gasteiger partial charge >= 0.3 is 0 Å². The number of hydrogen-bond acceptors (Lipinski definition) is 4. The number of aromatic nitrogens is 1. The van der Waals surface area contributed by atoms with E-state index in [0.717, 1.165) is 11.1 Å². The van der Waals surface area contributed by atoms with Gasteiger partial charge in [-0.25, -0.2) is 8.78 Å². The number of pyridine rings is 1. The smallest absolute Gasteiger partial charge is 0.252 e. The fourth-order valence-corrected chi connectivity index (χ4v) is 3.77. The minimum absolute atomic E-state index is 0.0155. The molecule has 34 heavy (non-hydrogen) atoms. The first-order valence-corrected chi connectivity index (χ1v) is 10.6. The minimum atomic E-state index is -1.46. The van der Waals surface area contributed by atoms with Gasteiger partial charge in [0.1, 0.15) is 17.2 Å². The van der Waals surface area contributed by atoms with Crippen LogP contribution in [0.2, 0.25) is 0 Å². The number of nitrogens with zero attached hydrogens (tertiary/aromatic N) is 2. The Hall–Kier alpha value is -4.20. The molecule has 8 heteroatoms. The zero-order chi connectivity index (χ0) is 24.3. The second-order valence-corrected chi connectivity index (χ2v) is 8.19. The fourth-order valence-electron chi connectivity index (χ4n) is 3.77. The molecule has 3 N–H and O–H groups in total. The zero-order valence-electron chi connectivity index (χ0n) is 18.4. The van der Waals surface area contributed by atoms with Crippen LogP contribution in [0.4, 0.5) is 8.78 Å². The molecule has 1 aromatic heterocycles. The molecule has 0 spiro atoms. The molecule has 0 aliphatic carbocycles. The van der Waals surface area contributed by atoms with Gasteiger partial charge in [-0.2, -0.15) is 0 Å². The van der Waals surface area contributed by atoms with Crippen molar-refractivity contribution in [1.82, 2.24) is 10.3 Å². The number of benzene rings is 2. The maximum atomic E-state index is 14.9. The molecular weight excluding hydrogens is 438 g/mol. The van der Waals surface area contributed by atoms with Crippen LogP contribution < -0.4 is 11.1 Å². The number of aliphatic imine (C=N–C) groups is 1. The number of primary amides is 1. The van der Waals surface area contributed by atoms with E-state index < -0.39 is 23.2 Å². The van der Waals surface area contributed by atoms with E-state index in [0.29, 0.717) is 5.69 Å². The van der Waals surface area contributed by atoms with Crippen molar-refractivity contribution in [2.24, 2.45) is 10.7 Å². The molecule has 1 aliphatic rings. The Kier molecular flexibility index (Phi) is 6.32. The average Bonchev–Trinajstić information content (AvgIpc) is 3.29. The van der Waals surface area contributed by atoms with E-state index in [9.17, 15) is 18.4 Å². The van der Waals surface area contributed by atoms with E-state index in [1.807, 2.05) is 0 Å². The van der Waals surface area contributed by atoms with Gasteiger partial charge in [0, 0.05) is 23.9 Å². The second kappa shape index (κ2) is 9.35. The van der Waals surface area contributed by atoms with Crippen LogP contribution in [0, 0.1) is 11.6 Å². The normalized spacial score (nSPS) is 14.7. The quantitative estimate of drug-likeness (QED) is 0.565. The van der Waals surface area contributed by atoms with Gasteiger partial charge in [-0.15, -0.1) is 0 Å². The highest BCUT2D eigenvalue weighted by molar-refractivity contribution is 6.19. The van der Waals surface area contributed by atoms with E-state index in [2.05, 4.69) is 15.3 Å². The Morgan fingerprint density at radius 2 is 1.82 bits per heavy atom. The summed E-state index contributed by atoms with van der Waals surface area (Å²) in [5.41, 5.74) is 6.55. The summed E-state index contributed by atoms with van der Waals surface area (Å²) in [7, 11) is 0. The Morgan fingerprint density at radius 1 is 1.06 bits per heavy atom. The largest absolute Gasteiger partial charge is 0.368 e. The second-order valence-electron chi connectivity index (χ2n) is 8.19. The lowest BCUT2D eigenvalue weighted by molar-refractivity contribution is -0.123. The van der Waals surface area contributed by atoms with Crippen LogP contribution in [0.3, 0.4) is 0 Å². The van der Waals surface area contributed by atoms with Crippen LogP contribution in [0.15, 0.2) is 77.9 Å². The number of nitrogens with two attached hydrogens (primary N) is 1. The van der Waals surface area contributed by atoms with Crippen LogP contribution in [-0.2, 0) is 11.2 Å². The highest BCUT2D eigenvalue weighted by Gasteiger charge is 2.35. The third-order valence-corrected chi connectivity index (χ3v) is 5.65. The first kappa shape index (κ1) is 23.0. The van der Waals surface area contributed by atoms with Crippen molar-refractivity contribution in [3.05, 3.63) is 107 Å². The summed E-state index contributed by atoms with van der Waals surface area (Å²) >= 11 is 0. The lowest BCUT2D eigenvalue weighted by Gasteiger charge is -2.27. The van der Waals surface area contributed by atoms with Crippen LogP contribution in [0.25, 0.3) is 5.57 Å². The van der Waals surface area contributed by atoms with Gasteiger partial charge in [-0.1, -0.05) is 24.3 Å². The Bertz CT molecular complexity index is 1300. The van der Waals surface area contributed by atoms with Crippen molar-refractivity contribution >= 4 is 23.1 Å². The third-order valence-electron chi connectivity index (χ3n) is 5.65. The summed E-state index contributed by atoms with van der Waals surface area (Å²) in [5.74, 6) is -2.41.